The van der Waals surface area contributed by atoms with E-state index in [1.54, 1.807) is 35.2 Å². The number of fused-ring (bicyclic) bond motifs is 1. The van der Waals surface area contributed by atoms with Gasteiger partial charge in [-0.1, -0.05) is 18.2 Å². The predicted octanol–water partition coefficient (Wildman–Crippen LogP) is 4.42. The lowest BCUT2D eigenvalue weighted by Gasteiger charge is -2.42. The van der Waals surface area contributed by atoms with Gasteiger partial charge in [-0.15, -0.1) is 0 Å². The number of halogens is 4. The molecule has 1 amide bonds. The molecule has 2 aromatic carbocycles. The number of hydrogen-bond acceptors (Lipinski definition) is 5. The number of alkyl halides is 3. The third-order valence-corrected chi connectivity index (χ3v) is 6.19. The number of carbonyl (C=O) groups excluding carboxylic acids is 1. The van der Waals surface area contributed by atoms with Crippen LogP contribution in [0.15, 0.2) is 42.5 Å². The predicted molar refractivity (Wildman–Crippen MR) is 113 cm³/mol. The van der Waals surface area contributed by atoms with Gasteiger partial charge in [0, 0.05) is 24.1 Å². The van der Waals surface area contributed by atoms with Crippen molar-refractivity contribution in [2.75, 3.05) is 33.6 Å². The Balaban J connectivity index is 1.43. The Morgan fingerprint density at radius 2 is 1.97 bits per heavy atom. The molecule has 2 atom stereocenters. The van der Waals surface area contributed by atoms with Crippen LogP contribution in [0.5, 0.6) is 5.75 Å². The van der Waals surface area contributed by atoms with E-state index in [4.69, 9.17) is 18.9 Å². The summed E-state index contributed by atoms with van der Waals surface area (Å²) in [5.74, 6) is -0.214. The van der Waals surface area contributed by atoms with E-state index >= 15 is 0 Å². The minimum absolute atomic E-state index is 0.0646. The zero-order valence-electron chi connectivity index (χ0n) is 18.6. The van der Waals surface area contributed by atoms with Crippen LogP contribution >= 0.6 is 0 Å². The second kappa shape index (κ2) is 9.89. The minimum atomic E-state index is -4.28. The first kappa shape index (κ1) is 24.4. The molecular formula is C24H25F4NO5. The van der Waals surface area contributed by atoms with Crippen LogP contribution in [-0.4, -0.2) is 56.7 Å². The maximum atomic E-state index is 13.4. The number of nitrogens with zero attached hydrogens (tertiary/aromatic N) is 1. The minimum Gasteiger partial charge on any atom is -0.496 e. The van der Waals surface area contributed by atoms with E-state index in [0.717, 1.165) is 5.56 Å². The molecule has 34 heavy (non-hydrogen) atoms. The van der Waals surface area contributed by atoms with Gasteiger partial charge in [0.2, 0.25) is 0 Å². The van der Waals surface area contributed by atoms with Gasteiger partial charge >= 0.3 is 6.18 Å². The van der Waals surface area contributed by atoms with Crippen molar-refractivity contribution in [3.8, 4) is 5.75 Å². The van der Waals surface area contributed by atoms with Gasteiger partial charge in [0.05, 0.1) is 33.3 Å². The molecule has 10 heteroatoms. The Labute approximate surface area is 194 Å². The van der Waals surface area contributed by atoms with Gasteiger partial charge in [-0.2, -0.15) is 13.2 Å². The van der Waals surface area contributed by atoms with Crippen LogP contribution in [0.25, 0.3) is 0 Å². The zero-order valence-corrected chi connectivity index (χ0v) is 18.6. The van der Waals surface area contributed by atoms with Crippen LogP contribution in [-0.2, 0) is 26.4 Å². The maximum absolute atomic E-state index is 13.4. The molecular weight excluding hydrogens is 458 g/mol. The maximum Gasteiger partial charge on any atom is 0.391 e. The van der Waals surface area contributed by atoms with Gasteiger partial charge in [-0.25, -0.2) is 4.39 Å². The van der Waals surface area contributed by atoms with Crippen LogP contribution in [0.2, 0.25) is 0 Å². The van der Waals surface area contributed by atoms with E-state index in [1.807, 2.05) is 0 Å². The van der Waals surface area contributed by atoms with Crippen molar-refractivity contribution < 1.29 is 41.3 Å². The second-order valence-corrected chi connectivity index (χ2v) is 8.26. The summed E-state index contributed by atoms with van der Waals surface area (Å²) in [5.41, 5.74) is 0.992. The Hall–Kier alpha value is -2.69. The Bertz CT molecular complexity index is 1010. The highest BCUT2D eigenvalue weighted by Gasteiger charge is 2.51. The van der Waals surface area contributed by atoms with E-state index in [2.05, 4.69) is 0 Å². The average Bonchev–Trinajstić information content (AvgIpc) is 3.25. The van der Waals surface area contributed by atoms with E-state index in [9.17, 15) is 22.4 Å². The highest BCUT2D eigenvalue weighted by molar-refractivity contribution is 5.95. The number of hydrogen-bond donors (Lipinski definition) is 0. The summed E-state index contributed by atoms with van der Waals surface area (Å²) in [6.45, 7) is 0.258. The Morgan fingerprint density at radius 3 is 2.68 bits per heavy atom. The number of likely N-dealkylation sites (tertiary alicyclic amines) is 1. The third-order valence-electron chi connectivity index (χ3n) is 6.19. The SMILES string of the molecule is COc1cc(C(=O)N2CCC3(c4ccc(F)cc4)OCOC3C2)ccc1COCCC(F)(F)F. The van der Waals surface area contributed by atoms with Crippen molar-refractivity contribution in [1.29, 1.82) is 0 Å². The highest BCUT2D eigenvalue weighted by atomic mass is 19.4. The van der Waals surface area contributed by atoms with Gasteiger partial charge in [0.1, 0.15) is 30.1 Å². The van der Waals surface area contributed by atoms with Crippen molar-refractivity contribution in [1.82, 2.24) is 4.90 Å². The van der Waals surface area contributed by atoms with Gasteiger partial charge in [0.25, 0.3) is 5.91 Å². The first-order chi connectivity index (χ1) is 16.2. The van der Waals surface area contributed by atoms with Crippen LogP contribution in [0.1, 0.15) is 34.3 Å². The lowest BCUT2D eigenvalue weighted by Crippen LogP contribution is -2.53. The zero-order chi connectivity index (χ0) is 24.3. The summed E-state index contributed by atoms with van der Waals surface area (Å²) in [6.07, 6.45) is -5.24. The van der Waals surface area contributed by atoms with E-state index in [-0.39, 0.29) is 25.1 Å². The molecule has 0 radical (unpaired) electrons. The first-order valence-corrected chi connectivity index (χ1v) is 10.8. The van der Waals surface area contributed by atoms with Crippen molar-refractivity contribution in [3.63, 3.8) is 0 Å². The molecule has 2 heterocycles. The topological polar surface area (TPSA) is 57.2 Å². The molecule has 2 aliphatic heterocycles. The number of amides is 1. The van der Waals surface area contributed by atoms with Crippen LogP contribution < -0.4 is 4.74 Å². The normalized spacial score (nSPS) is 22.5. The van der Waals surface area contributed by atoms with Crippen molar-refractivity contribution in [2.45, 2.75) is 37.3 Å². The molecule has 6 nitrogen and oxygen atoms in total. The highest BCUT2D eigenvalue weighted by Crippen LogP contribution is 2.42. The van der Waals surface area contributed by atoms with Gasteiger partial charge in [-0.05, 0) is 29.8 Å². The fourth-order valence-electron chi connectivity index (χ4n) is 4.35. The summed E-state index contributed by atoms with van der Waals surface area (Å²) in [4.78, 5) is 14.9. The monoisotopic (exact) mass is 483 g/mol. The van der Waals surface area contributed by atoms with Crippen molar-refractivity contribution >= 4 is 5.91 Å². The number of ether oxygens (including phenoxy) is 4. The standard InChI is InChI=1S/C24H25F4NO5/c1-31-20-12-16(2-3-17(20)14-32-11-9-24(26,27)28)22(30)29-10-8-23(21(13-29)33-15-34-23)18-4-6-19(25)7-5-18/h2-7,12,21H,8-11,13-15H2,1H3. The third kappa shape index (κ3) is 5.18. The van der Waals surface area contributed by atoms with Gasteiger partial charge in [-0.3, -0.25) is 4.79 Å². The summed E-state index contributed by atoms with van der Waals surface area (Å²) in [5, 5.41) is 0. The van der Waals surface area contributed by atoms with E-state index in [1.165, 1.54) is 19.2 Å². The second-order valence-electron chi connectivity index (χ2n) is 8.26. The molecule has 0 aliphatic carbocycles. The number of methoxy groups -OCH3 is 1. The molecule has 184 valence electrons. The molecule has 0 aromatic heterocycles. The van der Waals surface area contributed by atoms with Crippen LogP contribution in [0, 0.1) is 5.82 Å². The fourth-order valence-corrected chi connectivity index (χ4v) is 4.35. The number of rotatable bonds is 7. The lowest BCUT2D eigenvalue weighted by atomic mass is 9.82. The van der Waals surface area contributed by atoms with Crippen molar-refractivity contribution in [2.24, 2.45) is 0 Å². The molecule has 2 fully saturated rings. The summed E-state index contributed by atoms with van der Waals surface area (Å²) in [6, 6.07) is 10.9. The number of benzene rings is 2. The molecule has 2 aliphatic rings. The van der Waals surface area contributed by atoms with Gasteiger partial charge in [0.15, 0.2) is 0 Å². The molecule has 0 spiro atoms. The van der Waals surface area contributed by atoms with E-state index in [0.29, 0.717) is 36.4 Å². The number of piperidine rings is 1. The molecule has 0 saturated carbocycles. The van der Waals surface area contributed by atoms with Crippen LogP contribution in [0.3, 0.4) is 0 Å². The Morgan fingerprint density at radius 1 is 1.21 bits per heavy atom. The summed E-state index contributed by atoms with van der Waals surface area (Å²) >= 11 is 0. The largest absolute Gasteiger partial charge is 0.496 e. The quantitative estimate of drug-likeness (QED) is 0.431. The Kier molecular flexibility index (Phi) is 7.11. The summed E-state index contributed by atoms with van der Waals surface area (Å²) < 4.78 is 72.4. The summed E-state index contributed by atoms with van der Waals surface area (Å²) in [7, 11) is 1.42. The molecule has 2 saturated heterocycles. The molecule has 2 aromatic rings. The van der Waals surface area contributed by atoms with E-state index < -0.39 is 30.9 Å². The smallest absolute Gasteiger partial charge is 0.391 e. The lowest BCUT2D eigenvalue weighted by molar-refractivity contribution is -0.146. The number of carbonyl (C=O) groups is 1. The molecule has 4 rings (SSSR count). The fraction of sp³-hybridized carbons (Fsp3) is 0.458. The van der Waals surface area contributed by atoms with Crippen molar-refractivity contribution in [3.05, 3.63) is 65.0 Å². The average molecular weight is 483 g/mol. The van der Waals surface area contributed by atoms with Gasteiger partial charge < -0.3 is 23.8 Å². The first-order valence-electron chi connectivity index (χ1n) is 10.8. The molecule has 0 N–H and O–H groups in total. The molecule has 2 unspecified atom stereocenters. The van der Waals surface area contributed by atoms with Crippen LogP contribution in [0.4, 0.5) is 17.6 Å². The molecule has 0 bridgehead atoms.